The number of carbonyl (C=O) groups excluding carboxylic acids is 2. The molecule has 1 amide bonds. The van der Waals surface area contributed by atoms with E-state index in [4.69, 9.17) is 0 Å². The zero-order valence-corrected chi connectivity index (χ0v) is 12.9. The molecule has 2 rings (SSSR count). The summed E-state index contributed by atoms with van der Waals surface area (Å²) in [7, 11) is 1.32. The van der Waals surface area contributed by atoms with Crippen molar-refractivity contribution in [1.29, 1.82) is 0 Å². The Bertz CT molecular complexity index is 506. The van der Waals surface area contributed by atoms with E-state index in [1.54, 1.807) is 24.3 Å². The fraction of sp³-hybridized carbons (Fsp3) is 0.529. The van der Waals surface area contributed by atoms with Gasteiger partial charge >= 0.3 is 5.97 Å². The van der Waals surface area contributed by atoms with Gasteiger partial charge in [0.05, 0.1) is 18.8 Å². The van der Waals surface area contributed by atoms with E-state index in [9.17, 15) is 14.7 Å². The highest BCUT2D eigenvalue weighted by Crippen LogP contribution is 2.26. The van der Waals surface area contributed by atoms with Crippen LogP contribution < -0.4 is 5.32 Å². The maximum atomic E-state index is 12.0. The van der Waals surface area contributed by atoms with E-state index >= 15 is 0 Å². The van der Waals surface area contributed by atoms with E-state index in [1.165, 1.54) is 13.5 Å². The SMILES string of the molecule is COC(=O)c1ccc(C(=O)NCC(O)C2CCCCC2)cc1. The van der Waals surface area contributed by atoms with Gasteiger partial charge in [0.15, 0.2) is 0 Å². The number of aliphatic hydroxyl groups is 1. The lowest BCUT2D eigenvalue weighted by atomic mass is 9.85. The molecule has 5 heteroatoms. The standard InChI is InChI=1S/C17H23NO4/c1-22-17(21)14-9-7-13(8-10-14)16(20)18-11-15(19)12-5-3-2-4-6-12/h7-10,12,15,19H,2-6,11H2,1H3,(H,18,20). The van der Waals surface area contributed by atoms with Crippen LogP contribution in [-0.4, -0.2) is 36.7 Å². The Morgan fingerprint density at radius 2 is 1.77 bits per heavy atom. The lowest BCUT2D eigenvalue weighted by Gasteiger charge is -2.26. The van der Waals surface area contributed by atoms with E-state index in [0.717, 1.165) is 25.7 Å². The Morgan fingerprint density at radius 1 is 1.18 bits per heavy atom. The van der Waals surface area contributed by atoms with Gasteiger partial charge in [-0.1, -0.05) is 19.3 Å². The van der Waals surface area contributed by atoms with Crippen LogP contribution in [0.1, 0.15) is 52.8 Å². The maximum absolute atomic E-state index is 12.0. The van der Waals surface area contributed by atoms with Gasteiger partial charge in [0.2, 0.25) is 0 Å². The van der Waals surface area contributed by atoms with Crippen LogP contribution in [0.5, 0.6) is 0 Å². The van der Waals surface area contributed by atoms with Crippen LogP contribution in [0.25, 0.3) is 0 Å². The van der Waals surface area contributed by atoms with Gasteiger partial charge in [0.1, 0.15) is 0 Å². The first-order valence-corrected chi connectivity index (χ1v) is 7.76. The van der Waals surface area contributed by atoms with Crippen LogP contribution in [0.3, 0.4) is 0 Å². The molecule has 1 unspecified atom stereocenters. The number of benzene rings is 1. The van der Waals surface area contributed by atoms with Gasteiger partial charge in [-0.05, 0) is 43.0 Å². The zero-order chi connectivity index (χ0) is 15.9. The minimum absolute atomic E-state index is 0.244. The summed E-state index contributed by atoms with van der Waals surface area (Å²) in [6.45, 7) is 0.266. The normalized spacial score (nSPS) is 16.8. The van der Waals surface area contributed by atoms with E-state index in [0.29, 0.717) is 11.1 Å². The summed E-state index contributed by atoms with van der Waals surface area (Å²) in [4.78, 5) is 23.4. The van der Waals surface area contributed by atoms with Crippen molar-refractivity contribution < 1.29 is 19.4 Å². The molecule has 0 spiro atoms. The van der Waals surface area contributed by atoms with Gasteiger partial charge in [0, 0.05) is 12.1 Å². The zero-order valence-electron chi connectivity index (χ0n) is 12.9. The van der Waals surface area contributed by atoms with Gasteiger partial charge < -0.3 is 15.2 Å². The van der Waals surface area contributed by atoms with Crippen molar-refractivity contribution in [3.8, 4) is 0 Å². The van der Waals surface area contributed by atoms with Crippen LogP contribution in [-0.2, 0) is 4.74 Å². The van der Waals surface area contributed by atoms with Crippen molar-refractivity contribution in [1.82, 2.24) is 5.32 Å². The molecule has 0 heterocycles. The molecular weight excluding hydrogens is 282 g/mol. The predicted molar refractivity (Wildman–Crippen MR) is 82.7 cm³/mol. The Hall–Kier alpha value is -1.88. The van der Waals surface area contributed by atoms with Crippen molar-refractivity contribution >= 4 is 11.9 Å². The summed E-state index contributed by atoms with van der Waals surface area (Å²) in [6, 6.07) is 6.26. The molecule has 0 bridgehead atoms. The van der Waals surface area contributed by atoms with Crippen molar-refractivity contribution in [3.63, 3.8) is 0 Å². The average Bonchev–Trinajstić information content (AvgIpc) is 2.59. The van der Waals surface area contributed by atoms with Crippen molar-refractivity contribution in [2.45, 2.75) is 38.2 Å². The third kappa shape index (κ3) is 4.31. The molecule has 0 saturated heterocycles. The molecule has 0 aromatic heterocycles. The number of methoxy groups -OCH3 is 1. The van der Waals surface area contributed by atoms with E-state index in [-0.39, 0.29) is 18.4 Å². The molecule has 1 aromatic carbocycles. The molecule has 1 fully saturated rings. The lowest BCUT2D eigenvalue weighted by Crippen LogP contribution is -2.37. The predicted octanol–water partition coefficient (Wildman–Crippen LogP) is 2.14. The van der Waals surface area contributed by atoms with Gasteiger partial charge in [-0.2, -0.15) is 0 Å². The third-order valence-corrected chi connectivity index (χ3v) is 4.23. The number of carbonyl (C=O) groups is 2. The molecule has 2 N–H and O–H groups in total. The van der Waals surface area contributed by atoms with Crippen LogP contribution in [0.2, 0.25) is 0 Å². The van der Waals surface area contributed by atoms with Gasteiger partial charge in [-0.3, -0.25) is 4.79 Å². The Balaban J connectivity index is 1.85. The highest BCUT2D eigenvalue weighted by molar-refractivity contribution is 5.96. The molecule has 120 valence electrons. The number of nitrogens with one attached hydrogen (secondary N) is 1. The van der Waals surface area contributed by atoms with Crippen molar-refractivity contribution in [3.05, 3.63) is 35.4 Å². The smallest absolute Gasteiger partial charge is 0.337 e. The second-order valence-corrected chi connectivity index (χ2v) is 5.74. The van der Waals surface area contributed by atoms with Gasteiger partial charge in [0.25, 0.3) is 5.91 Å². The summed E-state index contributed by atoms with van der Waals surface area (Å²) >= 11 is 0. The number of hydrogen-bond donors (Lipinski definition) is 2. The number of ether oxygens (including phenoxy) is 1. The van der Waals surface area contributed by atoms with Crippen LogP contribution >= 0.6 is 0 Å². The van der Waals surface area contributed by atoms with Crippen LogP contribution in [0.15, 0.2) is 24.3 Å². The summed E-state index contributed by atoms with van der Waals surface area (Å²) in [5.74, 6) is -0.387. The van der Waals surface area contributed by atoms with Crippen molar-refractivity contribution in [2.24, 2.45) is 5.92 Å². The van der Waals surface area contributed by atoms with Crippen LogP contribution in [0, 0.1) is 5.92 Å². The van der Waals surface area contributed by atoms with Gasteiger partial charge in [-0.15, -0.1) is 0 Å². The monoisotopic (exact) mass is 305 g/mol. The number of amides is 1. The fourth-order valence-electron chi connectivity index (χ4n) is 2.86. The number of aliphatic hydroxyl groups excluding tert-OH is 1. The first kappa shape index (κ1) is 16.5. The number of esters is 1. The molecule has 0 aliphatic heterocycles. The van der Waals surface area contributed by atoms with Crippen molar-refractivity contribution in [2.75, 3.05) is 13.7 Å². The summed E-state index contributed by atoms with van der Waals surface area (Å²) in [5.41, 5.74) is 0.866. The van der Waals surface area contributed by atoms with E-state index < -0.39 is 12.1 Å². The molecule has 1 saturated carbocycles. The highest BCUT2D eigenvalue weighted by atomic mass is 16.5. The Labute approximate surface area is 130 Å². The second kappa shape index (κ2) is 7.94. The van der Waals surface area contributed by atoms with E-state index in [1.807, 2.05) is 0 Å². The van der Waals surface area contributed by atoms with Gasteiger partial charge in [-0.25, -0.2) is 4.79 Å². The first-order valence-electron chi connectivity index (χ1n) is 7.76. The molecule has 22 heavy (non-hydrogen) atoms. The largest absolute Gasteiger partial charge is 0.465 e. The quantitative estimate of drug-likeness (QED) is 0.817. The molecule has 1 aromatic rings. The summed E-state index contributed by atoms with van der Waals surface area (Å²) in [6.07, 6.45) is 5.13. The molecular formula is C17H23NO4. The average molecular weight is 305 g/mol. The fourth-order valence-corrected chi connectivity index (χ4v) is 2.86. The number of hydrogen-bond acceptors (Lipinski definition) is 4. The summed E-state index contributed by atoms with van der Waals surface area (Å²) in [5, 5.41) is 12.9. The lowest BCUT2D eigenvalue weighted by molar-refractivity contribution is 0.0600. The number of rotatable bonds is 5. The first-order chi connectivity index (χ1) is 10.6. The summed E-state index contributed by atoms with van der Waals surface area (Å²) < 4.78 is 4.61. The topological polar surface area (TPSA) is 75.6 Å². The highest BCUT2D eigenvalue weighted by Gasteiger charge is 2.22. The second-order valence-electron chi connectivity index (χ2n) is 5.74. The Morgan fingerprint density at radius 3 is 2.36 bits per heavy atom. The molecule has 5 nitrogen and oxygen atoms in total. The third-order valence-electron chi connectivity index (χ3n) is 4.23. The molecule has 1 aliphatic carbocycles. The minimum Gasteiger partial charge on any atom is -0.465 e. The van der Waals surface area contributed by atoms with E-state index in [2.05, 4.69) is 10.1 Å². The Kier molecular flexibility index (Phi) is 5.95. The molecule has 0 radical (unpaired) electrons. The minimum atomic E-state index is -0.487. The molecule has 1 atom stereocenters. The molecule has 1 aliphatic rings. The van der Waals surface area contributed by atoms with Crippen LogP contribution in [0.4, 0.5) is 0 Å². The maximum Gasteiger partial charge on any atom is 0.337 e.